The number of carbonyl (C=O) groups excluding carboxylic acids is 2. The first-order chi connectivity index (χ1) is 13.2. The van der Waals surface area contributed by atoms with Gasteiger partial charge in [-0.1, -0.05) is 41.5 Å². The quantitative estimate of drug-likeness (QED) is 0.646. The van der Waals surface area contributed by atoms with Crippen molar-refractivity contribution in [2.75, 3.05) is 0 Å². The number of hydrogen-bond donors (Lipinski definition) is 3. The molecule has 2 aliphatic carbocycles. The van der Waals surface area contributed by atoms with Gasteiger partial charge in [-0.2, -0.15) is 0 Å². The lowest BCUT2D eigenvalue weighted by Gasteiger charge is -2.56. The molecule has 1 unspecified atom stereocenters. The van der Waals surface area contributed by atoms with E-state index in [0.29, 0.717) is 6.42 Å². The number of rotatable bonds is 5. The number of carbonyl (C=O) groups is 2. The highest BCUT2D eigenvalue weighted by Gasteiger charge is 2.53. The van der Waals surface area contributed by atoms with Gasteiger partial charge in [-0.05, 0) is 68.1 Å². The summed E-state index contributed by atoms with van der Waals surface area (Å²) in [4.78, 5) is 25.1. The minimum atomic E-state index is -0.515. The summed E-state index contributed by atoms with van der Waals surface area (Å²) < 4.78 is 0. The molecule has 2 fully saturated rings. The van der Waals surface area contributed by atoms with Crippen LogP contribution in [0.25, 0.3) is 0 Å². The summed E-state index contributed by atoms with van der Waals surface area (Å²) in [5.74, 6) is 0.189. The first kappa shape index (κ1) is 24.2. The minimum Gasteiger partial charge on any atom is -0.392 e. The fraction of sp³-hybridized carbons (Fsp3) is 0.917. The van der Waals surface area contributed by atoms with Crippen LogP contribution in [0.5, 0.6) is 0 Å². The van der Waals surface area contributed by atoms with Crippen molar-refractivity contribution in [2.45, 2.75) is 106 Å². The van der Waals surface area contributed by atoms with Crippen molar-refractivity contribution in [2.24, 2.45) is 34.5 Å². The monoisotopic (exact) mass is 408 g/mol. The molecule has 0 bridgehead atoms. The Balaban J connectivity index is 2.13. The van der Waals surface area contributed by atoms with Crippen LogP contribution in [0.4, 0.5) is 0 Å². The Kier molecular flexibility index (Phi) is 7.46. The topological polar surface area (TPSA) is 78.4 Å². The average Bonchev–Trinajstić information content (AvgIpc) is 2.55. The number of nitrogens with one attached hydrogen (secondary N) is 2. The molecular formula is C24H44N2O3. The molecule has 29 heavy (non-hydrogen) atoms. The van der Waals surface area contributed by atoms with Crippen LogP contribution >= 0.6 is 0 Å². The van der Waals surface area contributed by atoms with Crippen LogP contribution in [-0.2, 0) is 9.59 Å². The standard InChI is InChI=1S/C24H44N2O3/c1-14(2)25-22(29)15(3)17-9-11-24(8)12-10-18(16(4)20(24)21(17)28)26-19(27)13-23(5,6)7/h14-18,20-21,28H,9-13H2,1-8H3,(H,25,29)(H,26,27)/t15?,16-,17+,18+,20-,21+,24+/m1/s1. The molecule has 2 rings (SSSR count). The van der Waals surface area contributed by atoms with E-state index in [-0.39, 0.29) is 58.4 Å². The molecule has 2 aliphatic rings. The molecule has 3 N–H and O–H groups in total. The Morgan fingerprint density at radius 1 is 1.14 bits per heavy atom. The molecule has 7 atom stereocenters. The van der Waals surface area contributed by atoms with E-state index in [0.717, 1.165) is 25.7 Å². The lowest BCUT2D eigenvalue weighted by atomic mass is 9.51. The van der Waals surface area contributed by atoms with Gasteiger partial charge in [0.2, 0.25) is 11.8 Å². The van der Waals surface area contributed by atoms with Crippen molar-refractivity contribution in [3.63, 3.8) is 0 Å². The highest BCUT2D eigenvalue weighted by molar-refractivity contribution is 5.79. The van der Waals surface area contributed by atoms with E-state index < -0.39 is 6.10 Å². The summed E-state index contributed by atoms with van der Waals surface area (Å²) in [5.41, 5.74) is 0.0417. The van der Waals surface area contributed by atoms with Gasteiger partial charge in [0.1, 0.15) is 0 Å². The lowest BCUT2D eigenvalue weighted by Crippen LogP contribution is -2.58. The van der Waals surface area contributed by atoms with Crippen LogP contribution in [-0.4, -0.2) is 35.1 Å². The van der Waals surface area contributed by atoms with Gasteiger partial charge in [-0.3, -0.25) is 9.59 Å². The zero-order chi connectivity index (χ0) is 22.1. The van der Waals surface area contributed by atoms with Gasteiger partial charge in [0.05, 0.1) is 6.10 Å². The van der Waals surface area contributed by atoms with E-state index in [2.05, 4.69) is 45.3 Å². The van der Waals surface area contributed by atoms with Gasteiger partial charge in [-0.25, -0.2) is 0 Å². The van der Waals surface area contributed by atoms with E-state index in [1.165, 1.54) is 0 Å². The number of fused-ring (bicyclic) bond motifs is 1. The van der Waals surface area contributed by atoms with Gasteiger partial charge in [0.15, 0.2) is 0 Å². The maximum absolute atomic E-state index is 12.6. The molecule has 0 spiro atoms. The normalized spacial score (nSPS) is 36.3. The van der Waals surface area contributed by atoms with Crippen LogP contribution in [0.3, 0.4) is 0 Å². The fourth-order valence-corrected chi connectivity index (χ4v) is 5.85. The predicted octanol–water partition coefficient (Wildman–Crippen LogP) is 3.89. The van der Waals surface area contributed by atoms with Crippen molar-refractivity contribution in [1.82, 2.24) is 10.6 Å². The molecule has 0 aliphatic heterocycles. The van der Waals surface area contributed by atoms with E-state index in [4.69, 9.17) is 0 Å². The summed E-state index contributed by atoms with van der Waals surface area (Å²) in [7, 11) is 0. The minimum absolute atomic E-state index is 0.0294. The molecular weight excluding hydrogens is 364 g/mol. The second kappa shape index (κ2) is 8.95. The number of aliphatic hydroxyl groups is 1. The maximum atomic E-state index is 12.6. The largest absolute Gasteiger partial charge is 0.392 e. The van der Waals surface area contributed by atoms with Gasteiger partial charge in [0, 0.05) is 24.4 Å². The second-order valence-electron chi connectivity index (χ2n) is 11.6. The molecule has 0 aromatic carbocycles. The van der Waals surface area contributed by atoms with Crippen LogP contribution in [0.1, 0.15) is 87.5 Å². The predicted molar refractivity (Wildman–Crippen MR) is 117 cm³/mol. The number of hydrogen-bond acceptors (Lipinski definition) is 3. The van der Waals surface area contributed by atoms with Crippen LogP contribution in [0.15, 0.2) is 0 Å². The van der Waals surface area contributed by atoms with E-state index in [9.17, 15) is 14.7 Å². The Hall–Kier alpha value is -1.10. The molecule has 5 nitrogen and oxygen atoms in total. The third kappa shape index (κ3) is 5.74. The first-order valence-corrected chi connectivity index (χ1v) is 11.5. The molecule has 0 radical (unpaired) electrons. The maximum Gasteiger partial charge on any atom is 0.223 e. The Labute approximate surface area is 177 Å². The van der Waals surface area contributed by atoms with Crippen molar-refractivity contribution in [3.8, 4) is 0 Å². The van der Waals surface area contributed by atoms with Crippen molar-refractivity contribution < 1.29 is 14.7 Å². The molecule has 5 heteroatoms. The number of amides is 2. The lowest BCUT2D eigenvalue weighted by molar-refractivity contribution is -0.144. The zero-order valence-electron chi connectivity index (χ0n) is 19.8. The molecule has 0 heterocycles. The Morgan fingerprint density at radius 2 is 1.72 bits per heavy atom. The molecule has 2 saturated carbocycles. The third-order valence-corrected chi connectivity index (χ3v) is 7.41. The van der Waals surface area contributed by atoms with Gasteiger partial charge >= 0.3 is 0 Å². The summed E-state index contributed by atoms with van der Waals surface area (Å²) in [6.45, 7) is 16.6. The summed E-state index contributed by atoms with van der Waals surface area (Å²) >= 11 is 0. The van der Waals surface area contributed by atoms with Gasteiger partial charge < -0.3 is 15.7 Å². The number of aliphatic hydroxyl groups excluding tert-OH is 1. The zero-order valence-corrected chi connectivity index (χ0v) is 19.8. The van der Waals surface area contributed by atoms with E-state index in [1.54, 1.807) is 0 Å². The molecule has 168 valence electrons. The van der Waals surface area contributed by atoms with E-state index in [1.807, 2.05) is 20.8 Å². The molecule has 0 aromatic rings. The second-order valence-corrected chi connectivity index (χ2v) is 11.6. The van der Waals surface area contributed by atoms with E-state index >= 15 is 0 Å². The smallest absolute Gasteiger partial charge is 0.223 e. The summed E-state index contributed by atoms with van der Waals surface area (Å²) in [5, 5.41) is 17.7. The fourth-order valence-electron chi connectivity index (χ4n) is 5.85. The van der Waals surface area contributed by atoms with Gasteiger partial charge in [0.25, 0.3) is 0 Å². The SMILES string of the molecule is CC(C)NC(=O)C(C)[C@@H]1CC[C@@]2(C)CC[C@H](NC(=O)CC(C)(C)C)[C@@H](C)[C@@H]2[C@H]1O. The average molecular weight is 409 g/mol. The van der Waals surface area contributed by atoms with Crippen molar-refractivity contribution in [1.29, 1.82) is 0 Å². The van der Waals surface area contributed by atoms with Crippen molar-refractivity contribution >= 4 is 11.8 Å². The highest BCUT2D eigenvalue weighted by Crippen LogP contribution is 2.55. The molecule has 0 saturated heterocycles. The van der Waals surface area contributed by atoms with Crippen molar-refractivity contribution in [3.05, 3.63) is 0 Å². The van der Waals surface area contributed by atoms with Crippen LogP contribution < -0.4 is 10.6 Å². The van der Waals surface area contributed by atoms with Crippen LogP contribution in [0.2, 0.25) is 0 Å². The Bertz CT molecular complexity index is 597. The molecule has 2 amide bonds. The van der Waals surface area contributed by atoms with Crippen LogP contribution in [0, 0.1) is 34.5 Å². The van der Waals surface area contributed by atoms with Gasteiger partial charge in [-0.15, -0.1) is 0 Å². The first-order valence-electron chi connectivity index (χ1n) is 11.5. The molecule has 0 aromatic heterocycles. The highest BCUT2D eigenvalue weighted by atomic mass is 16.3. The summed E-state index contributed by atoms with van der Waals surface area (Å²) in [6, 6.07) is 0.197. The summed E-state index contributed by atoms with van der Waals surface area (Å²) in [6.07, 6.45) is 3.89. The Morgan fingerprint density at radius 3 is 2.28 bits per heavy atom. The third-order valence-electron chi connectivity index (χ3n) is 7.41.